The Hall–Kier alpha value is -1.82. The molecule has 2 N–H and O–H groups in total. The highest BCUT2D eigenvalue weighted by Gasteiger charge is 2.19. The van der Waals surface area contributed by atoms with Crippen LogP contribution in [0.15, 0.2) is 48.5 Å². The average molecular weight is 304 g/mol. The Morgan fingerprint density at radius 2 is 1.86 bits per heavy atom. The first kappa shape index (κ1) is 15.6. The number of carbonyl (C=O) groups excluding carboxylic acids is 1. The number of nitrogens with zero attached hydrogens (tertiary/aromatic N) is 1. The molecule has 4 nitrogen and oxygen atoms in total. The molecular weight excluding hydrogens is 288 g/mol. The van der Waals surface area contributed by atoms with Crippen molar-refractivity contribution in [3.63, 3.8) is 0 Å². The number of rotatable bonds is 4. The van der Waals surface area contributed by atoms with Gasteiger partial charge in [0.15, 0.2) is 0 Å². The van der Waals surface area contributed by atoms with E-state index in [4.69, 9.17) is 11.6 Å². The number of carbonyl (C=O) groups is 1. The lowest BCUT2D eigenvalue weighted by atomic mass is 9.79. The largest absolute Gasteiger partial charge is 0.489 e. The van der Waals surface area contributed by atoms with Gasteiger partial charge in [-0.2, -0.15) is 0 Å². The molecule has 0 fully saturated rings. The molecule has 1 amide bonds. The summed E-state index contributed by atoms with van der Waals surface area (Å²) in [7, 11) is -0.0106. The summed E-state index contributed by atoms with van der Waals surface area (Å²) in [4.78, 5) is 13.9. The van der Waals surface area contributed by atoms with Gasteiger partial charge in [-0.05, 0) is 23.8 Å². The van der Waals surface area contributed by atoms with Crippen molar-refractivity contribution in [2.45, 2.75) is 6.54 Å². The topological polar surface area (TPSA) is 60.8 Å². The molecule has 0 aliphatic rings. The summed E-state index contributed by atoms with van der Waals surface area (Å²) < 4.78 is 0. The van der Waals surface area contributed by atoms with Crippen molar-refractivity contribution in [2.75, 3.05) is 7.05 Å². The first-order chi connectivity index (χ1) is 9.99. The van der Waals surface area contributed by atoms with Crippen LogP contribution in [0.4, 0.5) is 0 Å². The summed E-state index contributed by atoms with van der Waals surface area (Å²) in [5, 5.41) is 18.7. The molecule has 21 heavy (non-hydrogen) atoms. The maximum absolute atomic E-state index is 12.4. The molecule has 0 aromatic heterocycles. The molecule has 2 rings (SSSR count). The molecule has 0 radical (unpaired) electrons. The van der Waals surface area contributed by atoms with Crippen LogP contribution in [-0.4, -0.2) is 35.0 Å². The minimum absolute atomic E-state index is 0.121. The van der Waals surface area contributed by atoms with Crippen molar-refractivity contribution in [1.29, 1.82) is 0 Å². The maximum Gasteiger partial charge on any atom is 0.489 e. The van der Waals surface area contributed by atoms with E-state index in [0.717, 1.165) is 5.56 Å². The van der Waals surface area contributed by atoms with Crippen molar-refractivity contribution in [2.24, 2.45) is 0 Å². The van der Waals surface area contributed by atoms with Gasteiger partial charge >= 0.3 is 7.12 Å². The molecule has 0 saturated heterocycles. The summed E-state index contributed by atoms with van der Waals surface area (Å²) >= 11 is 5.86. The van der Waals surface area contributed by atoms with E-state index in [1.807, 2.05) is 30.3 Å². The fraction of sp³-hybridized carbons (Fsp3) is 0.133. The fourth-order valence-electron chi connectivity index (χ4n) is 2.02. The Bertz CT molecular complexity index is 634. The number of hydrogen-bond donors (Lipinski definition) is 2. The normalized spacial score (nSPS) is 10.3. The van der Waals surface area contributed by atoms with E-state index in [2.05, 4.69) is 0 Å². The summed E-state index contributed by atoms with van der Waals surface area (Å²) in [6.07, 6.45) is 0. The Morgan fingerprint density at radius 3 is 2.48 bits per heavy atom. The standard InChI is InChI=1S/C15H15BClNO3/c1-18(10-11-5-3-2-4-6-11)15(19)12-7-8-14(17)13(9-12)16(20)21/h2-9,20-21H,10H2,1H3. The highest BCUT2D eigenvalue weighted by atomic mass is 35.5. The van der Waals surface area contributed by atoms with Crippen molar-refractivity contribution in [3.05, 3.63) is 64.7 Å². The second kappa shape index (κ2) is 6.76. The molecule has 0 aliphatic carbocycles. The maximum atomic E-state index is 12.4. The Labute approximate surface area is 128 Å². The van der Waals surface area contributed by atoms with Gasteiger partial charge in [-0.15, -0.1) is 0 Å². The zero-order valence-corrected chi connectivity index (χ0v) is 12.3. The van der Waals surface area contributed by atoms with Crippen molar-refractivity contribution in [1.82, 2.24) is 4.90 Å². The molecule has 2 aromatic carbocycles. The molecule has 0 atom stereocenters. The van der Waals surface area contributed by atoms with Gasteiger partial charge in [-0.25, -0.2) is 0 Å². The predicted octanol–water partition coefficient (Wildman–Crippen LogP) is 1.29. The fourth-order valence-corrected chi connectivity index (χ4v) is 2.24. The highest BCUT2D eigenvalue weighted by molar-refractivity contribution is 6.62. The van der Waals surface area contributed by atoms with Crippen LogP contribution < -0.4 is 5.46 Å². The van der Waals surface area contributed by atoms with E-state index in [-0.39, 0.29) is 16.4 Å². The quantitative estimate of drug-likeness (QED) is 0.837. The van der Waals surface area contributed by atoms with Crippen molar-refractivity contribution >= 4 is 30.1 Å². The third-order valence-electron chi connectivity index (χ3n) is 3.13. The first-order valence-corrected chi connectivity index (χ1v) is 6.82. The van der Waals surface area contributed by atoms with E-state index < -0.39 is 7.12 Å². The lowest BCUT2D eigenvalue weighted by Crippen LogP contribution is -2.33. The molecule has 0 bridgehead atoms. The van der Waals surface area contributed by atoms with Crippen LogP contribution in [-0.2, 0) is 6.54 Å². The van der Waals surface area contributed by atoms with Gasteiger partial charge in [-0.3, -0.25) is 4.79 Å². The predicted molar refractivity (Wildman–Crippen MR) is 83.5 cm³/mol. The van der Waals surface area contributed by atoms with Crippen LogP contribution in [0.5, 0.6) is 0 Å². The third kappa shape index (κ3) is 3.85. The lowest BCUT2D eigenvalue weighted by Gasteiger charge is -2.18. The van der Waals surface area contributed by atoms with Gasteiger partial charge in [0.25, 0.3) is 5.91 Å². The van der Waals surface area contributed by atoms with E-state index in [1.165, 1.54) is 12.1 Å². The molecule has 0 heterocycles. The second-order valence-electron chi connectivity index (χ2n) is 4.76. The number of halogens is 1. The number of benzene rings is 2. The van der Waals surface area contributed by atoms with Gasteiger partial charge in [0, 0.05) is 29.6 Å². The summed E-state index contributed by atoms with van der Waals surface area (Å²) in [5.41, 5.74) is 1.50. The molecule has 6 heteroatoms. The van der Waals surface area contributed by atoms with Crippen LogP contribution in [0, 0.1) is 0 Å². The van der Waals surface area contributed by atoms with Gasteiger partial charge in [0.2, 0.25) is 0 Å². The van der Waals surface area contributed by atoms with Gasteiger partial charge in [0.05, 0.1) is 0 Å². The molecule has 0 aliphatic heterocycles. The first-order valence-electron chi connectivity index (χ1n) is 6.44. The minimum atomic E-state index is -1.70. The smallest absolute Gasteiger partial charge is 0.423 e. The van der Waals surface area contributed by atoms with E-state index >= 15 is 0 Å². The van der Waals surface area contributed by atoms with Gasteiger partial charge in [-0.1, -0.05) is 41.9 Å². The number of amides is 1. The average Bonchev–Trinajstić information content (AvgIpc) is 2.47. The molecule has 108 valence electrons. The van der Waals surface area contributed by atoms with Crippen LogP contribution in [0.3, 0.4) is 0 Å². The highest BCUT2D eigenvalue weighted by Crippen LogP contribution is 2.12. The summed E-state index contributed by atoms with van der Waals surface area (Å²) in [5.74, 6) is -0.211. The lowest BCUT2D eigenvalue weighted by molar-refractivity contribution is 0.0785. The molecule has 0 spiro atoms. The van der Waals surface area contributed by atoms with Crippen LogP contribution in [0.1, 0.15) is 15.9 Å². The molecule has 0 saturated carbocycles. The SMILES string of the molecule is CN(Cc1ccccc1)C(=O)c1ccc(Cl)c(B(O)O)c1. The second-order valence-corrected chi connectivity index (χ2v) is 5.16. The van der Waals surface area contributed by atoms with E-state index in [9.17, 15) is 14.8 Å². The van der Waals surface area contributed by atoms with Crippen LogP contribution in [0.2, 0.25) is 5.02 Å². The third-order valence-corrected chi connectivity index (χ3v) is 3.47. The molecular formula is C15H15BClNO3. The Kier molecular flexibility index (Phi) is 5.01. The van der Waals surface area contributed by atoms with Gasteiger partial charge < -0.3 is 14.9 Å². The molecule has 0 unspecified atom stereocenters. The Morgan fingerprint density at radius 1 is 1.19 bits per heavy atom. The van der Waals surface area contributed by atoms with E-state index in [1.54, 1.807) is 18.0 Å². The zero-order chi connectivity index (χ0) is 15.4. The summed E-state index contributed by atoms with van der Waals surface area (Å²) in [6.45, 7) is 0.472. The Balaban J connectivity index is 2.18. The van der Waals surface area contributed by atoms with Crippen molar-refractivity contribution in [3.8, 4) is 0 Å². The monoisotopic (exact) mass is 303 g/mol. The van der Waals surface area contributed by atoms with Crippen LogP contribution in [0.25, 0.3) is 0 Å². The van der Waals surface area contributed by atoms with E-state index in [0.29, 0.717) is 12.1 Å². The number of hydrogen-bond acceptors (Lipinski definition) is 3. The summed E-state index contributed by atoms with van der Waals surface area (Å²) in [6, 6.07) is 14.1. The molecule has 2 aromatic rings. The van der Waals surface area contributed by atoms with Crippen LogP contribution >= 0.6 is 11.6 Å². The van der Waals surface area contributed by atoms with Crippen molar-refractivity contribution < 1.29 is 14.8 Å². The minimum Gasteiger partial charge on any atom is -0.423 e. The van der Waals surface area contributed by atoms with Gasteiger partial charge in [0.1, 0.15) is 0 Å². The zero-order valence-electron chi connectivity index (χ0n) is 11.5.